The van der Waals surface area contributed by atoms with E-state index in [0.717, 1.165) is 47.7 Å². The molecule has 1 atom stereocenters. The van der Waals surface area contributed by atoms with Crippen molar-refractivity contribution in [2.24, 2.45) is 11.8 Å². The molecule has 6 heteroatoms. The zero-order valence-corrected chi connectivity index (χ0v) is 18.5. The Bertz CT molecular complexity index is 1110. The first-order chi connectivity index (χ1) is 15.7. The van der Waals surface area contributed by atoms with E-state index >= 15 is 0 Å². The minimum atomic E-state index is 0.0727. The summed E-state index contributed by atoms with van der Waals surface area (Å²) in [7, 11) is 0. The Balaban J connectivity index is 0.000000489. The topological polar surface area (TPSA) is 64.6 Å². The zero-order chi connectivity index (χ0) is 21.9. The lowest BCUT2D eigenvalue weighted by Crippen LogP contribution is -2.27. The molecule has 3 aromatic rings. The Morgan fingerprint density at radius 3 is 2.62 bits per heavy atom. The van der Waals surface area contributed by atoms with Crippen LogP contribution in [0.2, 0.25) is 0 Å². The van der Waals surface area contributed by atoms with Gasteiger partial charge in [-0.25, -0.2) is 4.98 Å². The summed E-state index contributed by atoms with van der Waals surface area (Å²) < 4.78 is 11.5. The number of hydrogen-bond acceptors (Lipinski definition) is 5. The van der Waals surface area contributed by atoms with Gasteiger partial charge >= 0.3 is 0 Å². The van der Waals surface area contributed by atoms with Crippen molar-refractivity contribution in [3.63, 3.8) is 0 Å². The van der Waals surface area contributed by atoms with Crippen LogP contribution in [0, 0.1) is 11.8 Å². The molecule has 0 spiro atoms. The monoisotopic (exact) mass is 431 g/mol. The molecule has 0 bridgehead atoms. The van der Waals surface area contributed by atoms with Gasteiger partial charge in [-0.05, 0) is 36.1 Å². The Labute approximate surface area is 188 Å². The van der Waals surface area contributed by atoms with E-state index in [4.69, 9.17) is 9.47 Å². The zero-order valence-electron chi connectivity index (χ0n) is 18.5. The van der Waals surface area contributed by atoms with Gasteiger partial charge in [0.25, 0.3) is 0 Å². The molecule has 1 saturated carbocycles. The van der Waals surface area contributed by atoms with E-state index in [2.05, 4.69) is 16.9 Å². The Morgan fingerprint density at radius 1 is 1.06 bits per heavy atom. The van der Waals surface area contributed by atoms with Crippen molar-refractivity contribution in [3.05, 3.63) is 59.9 Å². The molecule has 6 rings (SSSR count). The Morgan fingerprint density at radius 2 is 1.84 bits per heavy atom. The summed E-state index contributed by atoms with van der Waals surface area (Å²) in [4.78, 5) is 23.6. The van der Waals surface area contributed by atoms with E-state index in [0.29, 0.717) is 37.2 Å². The molecule has 1 unspecified atom stereocenters. The van der Waals surface area contributed by atoms with Gasteiger partial charge in [0.05, 0.1) is 37.1 Å². The maximum atomic E-state index is 12.5. The number of ether oxygens (including phenoxy) is 2. The van der Waals surface area contributed by atoms with E-state index in [9.17, 15) is 4.79 Å². The highest BCUT2D eigenvalue weighted by Crippen LogP contribution is 2.31. The molecule has 3 heterocycles. The van der Waals surface area contributed by atoms with Gasteiger partial charge in [0.2, 0.25) is 11.8 Å². The van der Waals surface area contributed by atoms with Crippen LogP contribution in [-0.4, -0.2) is 35.7 Å². The minimum Gasteiger partial charge on any atom is -0.477 e. The summed E-state index contributed by atoms with van der Waals surface area (Å²) in [6.45, 7) is 4.71. The maximum absolute atomic E-state index is 12.5. The van der Waals surface area contributed by atoms with Crippen LogP contribution < -0.4 is 9.64 Å². The van der Waals surface area contributed by atoms with Gasteiger partial charge in [-0.3, -0.25) is 4.79 Å². The number of nitrogens with zero attached hydrogens (tertiary/aromatic N) is 3. The second-order valence-corrected chi connectivity index (χ2v) is 8.97. The number of amides is 1. The average molecular weight is 432 g/mol. The second-order valence-electron chi connectivity index (χ2n) is 8.97. The molecule has 0 N–H and O–H groups in total. The van der Waals surface area contributed by atoms with Crippen molar-refractivity contribution < 1.29 is 14.3 Å². The fraction of sp³-hybridized carbons (Fsp3) is 0.423. The molecule has 3 aliphatic rings. The van der Waals surface area contributed by atoms with Crippen molar-refractivity contribution in [2.75, 3.05) is 24.7 Å². The number of anilines is 1. The highest BCUT2D eigenvalue weighted by atomic mass is 16.5. The number of hydrogen-bond donors (Lipinski definition) is 0. The van der Waals surface area contributed by atoms with E-state index in [1.165, 1.54) is 12.8 Å². The lowest BCUT2D eigenvalue weighted by Gasteiger charge is -2.18. The second kappa shape index (κ2) is 9.25. The summed E-state index contributed by atoms with van der Waals surface area (Å²) in [5.41, 5.74) is 2.81. The highest BCUT2D eigenvalue weighted by Gasteiger charge is 2.28. The fourth-order valence-electron chi connectivity index (χ4n) is 3.98. The van der Waals surface area contributed by atoms with Gasteiger partial charge < -0.3 is 14.4 Å². The van der Waals surface area contributed by atoms with E-state index in [1.54, 1.807) is 4.90 Å². The van der Waals surface area contributed by atoms with Crippen LogP contribution in [0.3, 0.4) is 0 Å². The summed E-state index contributed by atoms with van der Waals surface area (Å²) in [6, 6.07) is 15.7. The molecule has 2 fully saturated rings. The fourth-order valence-corrected chi connectivity index (χ4v) is 3.98. The van der Waals surface area contributed by atoms with Gasteiger partial charge in [0.1, 0.15) is 0 Å². The molecule has 166 valence electrons. The molecule has 6 nitrogen and oxygen atoms in total. The van der Waals surface area contributed by atoms with E-state index in [-0.39, 0.29) is 5.91 Å². The van der Waals surface area contributed by atoms with Crippen molar-refractivity contribution in [2.45, 2.75) is 39.2 Å². The normalized spacial score (nSPS) is 19.6. The van der Waals surface area contributed by atoms with Crippen molar-refractivity contribution in [1.82, 2.24) is 9.97 Å². The van der Waals surface area contributed by atoms with E-state index in [1.807, 2.05) is 48.5 Å². The molecular formula is C26H29N3O3. The number of carbonyl (C=O) groups excluding carboxylic acids is 1. The van der Waals surface area contributed by atoms with Gasteiger partial charge in [-0.2, -0.15) is 4.98 Å². The van der Waals surface area contributed by atoms with Crippen LogP contribution in [0.4, 0.5) is 5.69 Å². The quantitative estimate of drug-likeness (QED) is 0.593. The first-order valence-electron chi connectivity index (χ1n) is 11.5. The first-order valence-corrected chi connectivity index (χ1v) is 11.5. The number of para-hydroxylation sites is 2. The maximum Gasteiger partial charge on any atom is 0.231 e. The first kappa shape index (κ1) is 20.9. The summed E-state index contributed by atoms with van der Waals surface area (Å²) >= 11 is 0. The van der Waals surface area contributed by atoms with Crippen molar-refractivity contribution >= 4 is 22.5 Å². The number of benzene rings is 2. The molecule has 1 saturated heterocycles. The van der Waals surface area contributed by atoms with Gasteiger partial charge in [-0.15, -0.1) is 0 Å². The van der Waals surface area contributed by atoms with Crippen molar-refractivity contribution in [3.8, 4) is 5.88 Å². The number of fused-ring (bicyclic) bond motifs is 2. The molecule has 2 aromatic carbocycles. The van der Waals surface area contributed by atoms with Crippen LogP contribution in [0.1, 0.15) is 37.6 Å². The molecule has 1 aromatic heterocycles. The van der Waals surface area contributed by atoms with Crippen LogP contribution >= 0.6 is 0 Å². The smallest absolute Gasteiger partial charge is 0.231 e. The Hall–Kier alpha value is -2.99. The minimum absolute atomic E-state index is 0.0727. The molecule has 2 aliphatic heterocycles. The third-order valence-electron chi connectivity index (χ3n) is 6.19. The van der Waals surface area contributed by atoms with Crippen LogP contribution in [0.5, 0.6) is 5.88 Å². The van der Waals surface area contributed by atoms with Gasteiger partial charge in [0, 0.05) is 18.2 Å². The third kappa shape index (κ3) is 4.75. The molecule has 32 heavy (non-hydrogen) atoms. The Kier molecular flexibility index (Phi) is 6.04. The molecular weight excluding hydrogens is 402 g/mol. The largest absolute Gasteiger partial charge is 0.477 e. The third-order valence-corrected chi connectivity index (χ3v) is 6.19. The van der Waals surface area contributed by atoms with Crippen molar-refractivity contribution in [1.29, 1.82) is 0 Å². The molecule has 1 aliphatic carbocycles. The van der Waals surface area contributed by atoms with Gasteiger partial charge in [0.15, 0.2) is 5.82 Å². The number of aromatic nitrogens is 2. The lowest BCUT2D eigenvalue weighted by molar-refractivity contribution is -0.117. The average Bonchev–Trinajstić information content (AvgIpc) is 3.30. The lowest BCUT2D eigenvalue weighted by atomic mass is 10.1. The number of rotatable bonds is 5. The molecule has 1 amide bonds. The van der Waals surface area contributed by atoms with E-state index < -0.39 is 0 Å². The van der Waals surface area contributed by atoms with Crippen LogP contribution in [0.15, 0.2) is 48.5 Å². The SMILES string of the molecule is CC1CC1.O=C1Cc2ccccc2N1Cc1nc(OCC2CCOC2)c2ccccc2n1. The highest BCUT2D eigenvalue weighted by molar-refractivity contribution is 6.01. The predicted molar refractivity (Wildman–Crippen MR) is 124 cm³/mol. The standard InChI is InChI=1S/C22H21N3O3.C4H8/c26-21-11-16-5-1-4-8-19(16)25(21)12-20-23-18-7-3-2-6-17(18)22(24-20)28-14-15-9-10-27-13-15;1-4-2-3-4/h1-8,15H,9-14H2;4H,2-3H2,1H3. The summed E-state index contributed by atoms with van der Waals surface area (Å²) in [6.07, 6.45) is 4.41. The van der Waals surface area contributed by atoms with Crippen LogP contribution in [-0.2, 0) is 22.5 Å². The predicted octanol–water partition coefficient (Wildman–Crippen LogP) is 4.55. The number of carbonyl (C=O) groups is 1. The summed E-state index contributed by atoms with van der Waals surface area (Å²) in [5, 5.41) is 0.887. The van der Waals surface area contributed by atoms with Gasteiger partial charge in [-0.1, -0.05) is 50.1 Å². The summed E-state index contributed by atoms with van der Waals surface area (Å²) in [5.74, 6) is 2.71. The molecule has 0 radical (unpaired) electrons. The van der Waals surface area contributed by atoms with Crippen LogP contribution in [0.25, 0.3) is 10.9 Å².